The van der Waals surface area contributed by atoms with E-state index in [2.05, 4.69) is 0 Å². The SMILES string of the molecule is CC=CCc1cc(O)c(C)c(C)c1O. The van der Waals surface area contributed by atoms with Crippen molar-refractivity contribution < 1.29 is 10.2 Å². The average Bonchev–Trinajstić information content (AvgIpc) is 2.18. The van der Waals surface area contributed by atoms with Gasteiger partial charge in [0, 0.05) is 5.56 Å². The van der Waals surface area contributed by atoms with Crippen LogP contribution in [-0.2, 0) is 6.42 Å². The first kappa shape index (κ1) is 10.6. The van der Waals surface area contributed by atoms with Crippen LogP contribution in [0.15, 0.2) is 18.2 Å². The maximum Gasteiger partial charge on any atom is 0.122 e. The summed E-state index contributed by atoms with van der Waals surface area (Å²) in [6.45, 7) is 5.53. The zero-order valence-electron chi connectivity index (χ0n) is 8.83. The van der Waals surface area contributed by atoms with Crippen LogP contribution in [0.5, 0.6) is 11.5 Å². The Balaban J connectivity index is 3.19. The smallest absolute Gasteiger partial charge is 0.122 e. The molecule has 0 amide bonds. The summed E-state index contributed by atoms with van der Waals surface area (Å²) >= 11 is 0. The van der Waals surface area contributed by atoms with Crippen LogP contribution < -0.4 is 0 Å². The molecule has 2 nitrogen and oxygen atoms in total. The molecular weight excluding hydrogens is 176 g/mol. The first-order valence-corrected chi connectivity index (χ1v) is 4.70. The van der Waals surface area contributed by atoms with Gasteiger partial charge in [-0.25, -0.2) is 0 Å². The fourth-order valence-corrected chi connectivity index (χ4v) is 1.35. The average molecular weight is 192 g/mol. The monoisotopic (exact) mass is 192 g/mol. The summed E-state index contributed by atoms with van der Waals surface area (Å²) in [6, 6.07) is 1.62. The van der Waals surface area contributed by atoms with Crippen molar-refractivity contribution in [1.29, 1.82) is 0 Å². The highest BCUT2D eigenvalue weighted by Crippen LogP contribution is 2.32. The van der Waals surface area contributed by atoms with Crippen LogP contribution in [0.2, 0.25) is 0 Å². The lowest BCUT2D eigenvalue weighted by Gasteiger charge is -2.10. The van der Waals surface area contributed by atoms with E-state index in [9.17, 15) is 10.2 Å². The third-order valence-electron chi connectivity index (χ3n) is 2.49. The van der Waals surface area contributed by atoms with Gasteiger partial charge in [0.05, 0.1) is 0 Å². The van der Waals surface area contributed by atoms with Gasteiger partial charge in [0.15, 0.2) is 0 Å². The van der Waals surface area contributed by atoms with E-state index in [0.29, 0.717) is 12.2 Å². The maximum atomic E-state index is 9.78. The number of rotatable bonds is 2. The lowest BCUT2D eigenvalue weighted by atomic mass is 10.0. The molecule has 0 aliphatic carbocycles. The number of phenolic OH excluding ortho intramolecular Hbond substituents is 2. The van der Waals surface area contributed by atoms with Crippen LogP contribution in [0.4, 0.5) is 0 Å². The Morgan fingerprint density at radius 3 is 2.43 bits per heavy atom. The fourth-order valence-electron chi connectivity index (χ4n) is 1.35. The van der Waals surface area contributed by atoms with Crippen LogP contribution in [0.25, 0.3) is 0 Å². The van der Waals surface area contributed by atoms with E-state index >= 15 is 0 Å². The van der Waals surface area contributed by atoms with E-state index in [-0.39, 0.29) is 5.75 Å². The van der Waals surface area contributed by atoms with Crippen molar-refractivity contribution in [3.63, 3.8) is 0 Å². The summed E-state index contributed by atoms with van der Waals surface area (Å²) in [7, 11) is 0. The van der Waals surface area contributed by atoms with Gasteiger partial charge in [-0.1, -0.05) is 12.2 Å². The second kappa shape index (κ2) is 4.18. The molecule has 0 unspecified atom stereocenters. The van der Waals surface area contributed by atoms with Gasteiger partial charge in [-0.05, 0) is 44.4 Å². The molecule has 0 aliphatic heterocycles. The standard InChI is InChI=1S/C12H16O2/c1-4-5-6-10-7-11(13)8(2)9(3)12(10)14/h4-5,7,13-14H,6H2,1-3H3. The first-order chi connectivity index (χ1) is 6.57. The van der Waals surface area contributed by atoms with E-state index in [1.807, 2.05) is 26.0 Å². The number of phenols is 2. The molecule has 0 saturated carbocycles. The topological polar surface area (TPSA) is 40.5 Å². The molecule has 0 spiro atoms. The lowest BCUT2D eigenvalue weighted by molar-refractivity contribution is 0.448. The third kappa shape index (κ3) is 1.90. The van der Waals surface area contributed by atoms with Crippen LogP contribution in [0.1, 0.15) is 23.6 Å². The molecule has 0 fully saturated rings. The molecule has 2 heteroatoms. The molecule has 0 bridgehead atoms. The number of aromatic hydroxyl groups is 2. The molecule has 0 atom stereocenters. The Kier molecular flexibility index (Phi) is 3.18. The second-order valence-corrected chi connectivity index (χ2v) is 3.43. The van der Waals surface area contributed by atoms with E-state index in [4.69, 9.17) is 0 Å². The normalized spacial score (nSPS) is 11.1. The van der Waals surface area contributed by atoms with E-state index in [1.165, 1.54) is 0 Å². The summed E-state index contributed by atoms with van der Waals surface area (Å²) in [5, 5.41) is 19.4. The van der Waals surface area contributed by atoms with Gasteiger partial charge < -0.3 is 10.2 Å². The molecule has 76 valence electrons. The van der Waals surface area contributed by atoms with Crippen LogP contribution >= 0.6 is 0 Å². The van der Waals surface area contributed by atoms with Crippen molar-refractivity contribution in [1.82, 2.24) is 0 Å². The fraction of sp³-hybridized carbons (Fsp3) is 0.333. The number of hydrogen-bond donors (Lipinski definition) is 2. The summed E-state index contributed by atoms with van der Waals surface area (Å²) in [4.78, 5) is 0. The minimum absolute atomic E-state index is 0.250. The largest absolute Gasteiger partial charge is 0.508 e. The predicted octanol–water partition coefficient (Wildman–Crippen LogP) is 2.83. The molecule has 0 aromatic heterocycles. The summed E-state index contributed by atoms with van der Waals surface area (Å²) < 4.78 is 0. The first-order valence-electron chi connectivity index (χ1n) is 4.70. The number of hydrogen-bond acceptors (Lipinski definition) is 2. The Morgan fingerprint density at radius 2 is 1.86 bits per heavy atom. The molecule has 14 heavy (non-hydrogen) atoms. The summed E-state index contributed by atoms with van der Waals surface area (Å²) in [6.07, 6.45) is 4.52. The van der Waals surface area contributed by atoms with Crippen molar-refractivity contribution in [3.8, 4) is 11.5 Å². The van der Waals surface area contributed by atoms with E-state index in [0.717, 1.165) is 16.7 Å². The maximum absolute atomic E-state index is 9.78. The molecule has 0 aliphatic rings. The van der Waals surface area contributed by atoms with Gasteiger partial charge in [-0.2, -0.15) is 0 Å². The van der Waals surface area contributed by atoms with Crippen molar-refractivity contribution in [2.75, 3.05) is 0 Å². The zero-order chi connectivity index (χ0) is 10.7. The van der Waals surface area contributed by atoms with Gasteiger partial charge in [0.2, 0.25) is 0 Å². The van der Waals surface area contributed by atoms with Gasteiger partial charge in [0.1, 0.15) is 11.5 Å². The van der Waals surface area contributed by atoms with Crippen molar-refractivity contribution >= 4 is 0 Å². The number of allylic oxidation sites excluding steroid dienone is 2. The molecular formula is C12H16O2. The quantitative estimate of drug-likeness (QED) is 0.558. The minimum atomic E-state index is 0.250. The second-order valence-electron chi connectivity index (χ2n) is 3.43. The highest BCUT2D eigenvalue weighted by molar-refractivity contribution is 5.51. The number of benzene rings is 1. The summed E-state index contributed by atoms with van der Waals surface area (Å²) in [5.41, 5.74) is 2.26. The molecule has 2 N–H and O–H groups in total. The molecule has 1 aromatic rings. The molecule has 0 radical (unpaired) electrons. The van der Waals surface area contributed by atoms with E-state index < -0.39 is 0 Å². The lowest BCUT2D eigenvalue weighted by Crippen LogP contribution is -1.90. The Bertz CT molecular complexity index is 365. The Labute approximate surface area is 84.5 Å². The van der Waals surface area contributed by atoms with Gasteiger partial charge in [-0.3, -0.25) is 0 Å². The Morgan fingerprint density at radius 1 is 1.21 bits per heavy atom. The molecule has 1 aromatic carbocycles. The summed E-state index contributed by atoms with van der Waals surface area (Å²) in [5.74, 6) is 0.540. The van der Waals surface area contributed by atoms with Crippen LogP contribution in [0, 0.1) is 13.8 Å². The van der Waals surface area contributed by atoms with Gasteiger partial charge in [0.25, 0.3) is 0 Å². The predicted molar refractivity (Wildman–Crippen MR) is 57.8 cm³/mol. The van der Waals surface area contributed by atoms with Crippen molar-refractivity contribution in [2.45, 2.75) is 27.2 Å². The molecule has 0 saturated heterocycles. The van der Waals surface area contributed by atoms with Gasteiger partial charge >= 0.3 is 0 Å². The molecule has 0 heterocycles. The minimum Gasteiger partial charge on any atom is -0.508 e. The highest BCUT2D eigenvalue weighted by Gasteiger charge is 2.09. The Hall–Kier alpha value is -1.44. The van der Waals surface area contributed by atoms with Crippen LogP contribution in [-0.4, -0.2) is 10.2 Å². The van der Waals surface area contributed by atoms with Crippen LogP contribution in [0.3, 0.4) is 0 Å². The van der Waals surface area contributed by atoms with Gasteiger partial charge in [-0.15, -0.1) is 0 Å². The highest BCUT2D eigenvalue weighted by atomic mass is 16.3. The third-order valence-corrected chi connectivity index (χ3v) is 2.49. The molecule has 1 rings (SSSR count). The van der Waals surface area contributed by atoms with E-state index in [1.54, 1.807) is 13.0 Å². The van der Waals surface area contributed by atoms with Crippen molar-refractivity contribution in [3.05, 3.63) is 34.9 Å². The van der Waals surface area contributed by atoms with Crippen molar-refractivity contribution in [2.24, 2.45) is 0 Å². The zero-order valence-corrected chi connectivity index (χ0v) is 8.83.